The van der Waals surface area contributed by atoms with E-state index in [1.165, 1.54) is 12.8 Å². The zero-order valence-corrected chi connectivity index (χ0v) is 18.1. The van der Waals surface area contributed by atoms with Crippen LogP contribution in [0.1, 0.15) is 50.1 Å². The second-order valence-electron chi connectivity index (χ2n) is 9.21. The third kappa shape index (κ3) is 4.59. The number of carbonyl (C=O) groups is 2. The molecular weight excluding hydrogens is 392 g/mol. The fourth-order valence-electron chi connectivity index (χ4n) is 4.93. The van der Waals surface area contributed by atoms with E-state index in [9.17, 15) is 9.59 Å². The Morgan fingerprint density at radius 3 is 2.74 bits per heavy atom. The van der Waals surface area contributed by atoms with Crippen molar-refractivity contribution in [1.29, 1.82) is 0 Å². The molecule has 8 nitrogen and oxygen atoms in total. The molecule has 4 heterocycles. The molecule has 3 aliphatic rings. The number of carbonyl (C=O) groups excluding carboxylic acids is 2. The smallest absolute Gasteiger partial charge is 0.236 e. The monoisotopic (exact) mass is 424 g/mol. The lowest BCUT2D eigenvalue weighted by atomic mass is 9.93. The van der Waals surface area contributed by atoms with Gasteiger partial charge in [0.1, 0.15) is 0 Å². The number of amides is 2. The number of hydrogen-bond donors (Lipinski definition) is 1. The van der Waals surface area contributed by atoms with E-state index in [2.05, 4.69) is 21.3 Å². The van der Waals surface area contributed by atoms with Gasteiger partial charge in [0.15, 0.2) is 5.65 Å². The number of rotatable bonds is 7. The maximum Gasteiger partial charge on any atom is 0.236 e. The van der Waals surface area contributed by atoms with Gasteiger partial charge in [-0.2, -0.15) is 5.10 Å². The van der Waals surface area contributed by atoms with E-state index in [0.29, 0.717) is 19.6 Å². The fraction of sp³-hybridized carbons (Fsp3) is 0.652. The Bertz CT molecular complexity index is 947. The first-order valence-corrected chi connectivity index (χ1v) is 11.8. The van der Waals surface area contributed by atoms with Gasteiger partial charge in [0.05, 0.1) is 18.8 Å². The van der Waals surface area contributed by atoms with E-state index in [0.717, 1.165) is 68.6 Å². The van der Waals surface area contributed by atoms with Crippen LogP contribution in [0.15, 0.2) is 18.3 Å². The quantitative estimate of drug-likeness (QED) is 0.732. The molecule has 0 radical (unpaired) electrons. The van der Waals surface area contributed by atoms with Gasteiger partial charge in [0.25, 0.3) is 0 Å². The van der Waals surface area contributed by atoms with Crippen molar-refractivity contribution in [3.8, 4) is 0 Å². The standard InChI is InChI=1S/C23H32N6O2/c30-20(16-27-11-1-2-12-27)28-13-4-5-18(15-28)21-19-6-3-9-24-22(19)29(26-21)14-10-25-23(31)17-7-8-17/h3,6,9,17-18H,1-2,4-5,7-8,10-16H2,(H,25,31)/t18-/m1/s1. The maximum absolute atomic E-state index is 12.9. The van der Waals surface area contributed by atoms with Crippen LogP contribution >= 0.6 is 0 Å². The average molecular weight is 425 g/mol. The van der Waals surface area contributed by atoms with Crippen LogP contribution in [0.4, 0.5) is 0 Å². The number of pyridine rings is 1. The molecular formula is C23H32N6O2. The van der Waals surface area contributed by atoms with Crippen molar-refractivity contribution < 1.29 is 9.59 Å². The lowest BCUT2D eigenvalue weighted by Gasteiger charge is -2.33. The van der Waals surface area contributed by atoms with Crippen LogP contribution < -0.4 is 5.32 Å². The van der Waals surface area contributed by atoms with Gasteiger partial charge in [-0.05, 0) is 63.7 Å². The second kappa shape index (κ2) is 8.94. The van der Waals surface area contributed by atoms with E-state index in [1.54, 1.807) is 6.20 Å². The largest absolute Gasteiger partial charge is 0.354 e. The molecule has 166 valence electrons. The van der Waals surface area contributed by atoms with Crippen molar-refractivity contribution in [2.75, 3.05) is 39.3 Å². The predicted octanol–water partition coefficient (Wildman–Crippen LogP) is 1.76. The Labute approximate surface area is 183 Å². The fourth-order valence-corrected chi connectivity index (χ4v) is 4.93. The van der Waals surface area contributed by atoms with E-state index < -0.39 is 0 Å². The van der Waals surface area contributed by atoms with Crippen molar-refractivity contribution in [3.63, 3.8) is 0 Å². The second-order valence-corrected chi connectivity index (χ2v) is 9.21. The third-order valence-corrected chi connectivity index (χ3v) is 6.82. The Kier molecular flexibility index (Phi) is 5.89. The van der Waals surface area contributed by atoms with Gasteiger partial charge in [-0.1, -0.05) is 0 Å². The minimum atomic E-state index is 0.157. The lowest BCUT2D eigenvalue weighted by Crippen LogP contribution is -2.44. The Hall–Kier alpha value is -2.48. The zero-order chi connectivity index (χ0) is 21.2. The molecule has 2 saturated heterocycles. The zero-order valence-electron chi connectivity index (χ0n) is 18.1. The van der Waals surface area contributed by atoms with E-state index in [-0.39, 0.29) is 23.7 Å². The molecule has 1 atom stereocenters. The number of likely N-dealkylation sites (tertiary alicyclic amines) is 2. The summed E-state index contributed by atoms with van der Waals surface area (Å²) in [5.74, 6) is 0.847. The summed E-state index contributed by atoms with van der Waals surface area (Å²) in [6.07, 6.45) is 8.25. The van der Waals surface area contributed by atoms with Gasteiger partial charge >= 0.3 is 0 Å². The molecule has 1 N–H and O–H groups in total. The normalized spacial score (nSPS) is 22.2. The molecule has 0 spiro atoms. The molecule has 2 aliphatic heterocycles. The van der Waals surface area contributed by atoms with Gasteiger partial charge < -0.3 is 10.2 Å². The highest BCUT2D eigenvalue weighted by atomic mass is 16.2. The summed E-state index contributed by atoms with van der Waals surface area (Å²) in [4.78, 5) is 33.7. The SMILES string of the molecule is O=C(NCCn1nc([C@@H]2CCCN(C(=O)CN3CCCC3)C2)c2cccnc21)C1CC1. The van der Waals surface area contributed by atoms with E-state index in [4.69, 9.17) is 5.10 Å². The minimum absolute atomic E-state index is 0.157. The van der Waals surface area contributed by atoms with Gasteiger partial charge in [-0.3, -0.25) is 14.5 Å². The first-order chi connectivity index (χ1) is 15.2. The first-order valence-electron chi connectivity index (χ1n) is 11.8. The van der Waals surface area contributed by atoms with Crippen molar-refractivity contribution in [1.82, 2.24) is 29.9 Å². The summed E-state index contributed by atoms with van der Waals surface area (Å²) >= 11 is 0. The van der Waals surface area contributed by atoms with Gasteiger partial charge in [0, 0.05) is 43.1 Å². The highest BCUT2D eigenvalue weighted by molar-refractivity contribution is 5.81. The van der Waals surface area contributed by atoms with E-state index >= 15 is 0 Å². The Balaban J connectivity index is 1.28. The predicted molar refractivity (Wildman–Crippen MR) is 117 cm³/mol. The van der Waals surface area contributed by atoms with E-state index in [1.807, 2.05) is 15.6 Å². The van der Waals surface area contributed by atoms with Crippen molar-refractivity contribution in [2.45, 2.75) is 51.0 Å². The lowest BCUT2D eigenvalue weighted by molar-refractivity contribution is -0.133. The Morgan fingerprint density at radius 1 is 1.10 bits per heavy atom. The van der Waals surface area contributed by atoms with Crippen LogP contribution in [-0.4, -0.2) is 75.6 Å². The van der Waals surface area contributed by atoms with Crippen molar-refractivity contribution in [2.24, 2.45) is 5.92 Å². The number of hydrogen-bond acceptors (Lipinski definition) is 5. The summed E-state index contributed by atoms with van der Waals surface area (Å²) < 4.78 is 1.92. The molecule has 2 amide bonds. The first kappa shape index (κ1) is 20.4. The number of fused-ring (bicyclic) bond motifs is 1. The highest BCUT2D eigenvalue weighted by Gasteiger charge is 2.30. The minimum Gasteiger partial charge on any atom is -0.354 e. The molecule has 1 saturated carbocycles. The molecule has 8 heteroatoms. The van der Waals surface area contributed by atoms with Crippen LogP contribution in [0, 0.1) is 5.92 Å². The molecule has 0 unspecified atom stereocenters. The highest BCUT2D eigenvalue weighted by Crippen LogP contribution is 2.31. The molecule has 1 aliphatic carbocycles. The molecule has 5 rings (SSSR count). The number of piperidine rings is 1. The average Bonchev–Trinajstić information content (AvgIpc) is 3.41. The maximum atomic E-state index is 12.9. The summed E-state index contributed by atoms with van der Waals surface area (Å²) in [5, 5.41) is 9.00. The van der Waals surface area contributed by atoms with Crippen LogP contribution in [0.3, 0.4) is 0 Å². The summed E-state index contributed by atoms with van der Waals surface area (Å²) in [6, 6.07) is 4.03. The molecule has 0 aromatic carbocycles. The topological polar surface area (TPSA) is 83.4 Å². The van der Waals surface area contributed by atoms with Crippen LogP contribution in [-0.2, 0) is 16.1 Å². The summed E-state index contributed by atoms with van der Waals surface area (Å²) in [5.41, 5.74) is 1.90. The van der Waals surface area contributed by atoms with Crippen LogP contribution in [0.5, 0.6) is 0 Å². The summed E-state index contributed by atoms with van der Waals surface area (Å²) in [7, 11) is 0. The molecule has 3 fully saturated rings. The third-order valence-electron chi connectivity index (χ3n) is 6.82. The molecule has 2 aromatic heterocycles. The number of nitrogens with zero attached hydrogens (tertiary/aromatic N) is 5. The van der Waals surface area contributed by atoms with Gasteiger partial charge in [-0.25, -0.2) is 9.67 Å². The van der Waals surface area contributed by atoms with Crippen LogP contribution in [0.2, 0.25) is 0 Å². The molecule has 0 bridgehead atoms. The number of nitrogens with one attached hydrogen (secondary N) is 1. The van der Waals surface area contributed by atoms with Gasteiger partial charge in [-0.15, -0.1) is 0 Å². The van der Waals surface area contributed by atoms with Crippen molar-refractivity contribution in [3.05, 3.63) is 24.0 Å². The molecule has 2 aromatic rings. The van der Waals surface area contributed by atoms with Gasteiger partial charge in [0.2, 0.25) is 11.8 Å². The van der Waals surface area contributed by atoms with Crippen LogP contribution in [0.25, 0.3) is 11.0 Å². The Morgan fingerprint density at radius 2 is 1.94 bits per heavy atom. The van der Waals surface area contributed by atoms with Crippen molar-refractivity contribution >= 4 is 22.8 Å². The number of aromatic nitrogens is 3. The molecule has 31 heavy (non-hydrogen) atoms. The summed E-state index contributed by atoms with van der Waals surface area (Å²) in [6.45, 7) is 5.37.